The number of benzene rings is 1. The molecule has 0 aliphatic carbocycles. The van der Waals surface area contributed by atoms with Crippen LogP contribution in [-0.2, 0) is 29.1 Å². The summed E-state index contributed by atoms with van der Waals surface area (Å²) >= 11 is 0. The number of amides is 1. The molecule has 0 radical (unpaired) electrons. The second-order valence-electron chi connectivity index (χ2n) is 6.23. The average Bonchev–Trinajstić information content (AvgIpc) is 2.96. The number of ketones is 1. The smallest absolute Gasteiger partial charge is 0.226 e. The molecule has 1 aromatic carbocycles. The summed E-state index contributed by atoms with van der Waals surface area (Å²) in [6, 6.07) is 10.4. The number of hydrogen-bond donors (Lipinski definition) is 2. The van der Waals surface area contributed by atoms with Crippen molar-refractivity contribution in [2.24, 2.45) is 0 Å². The van der Waals surface area contributed by atoms with Crippen molar-refractivity contribution >= 4 is 17.5 Å². The number of H-pyrrole nitrogens is 1. The first-order valence-electron chi connectivity index (χ1n) is 8.23. The molecule has 6 nitrogen and oxygen atoms in total. The Kier molecular flexibility index (Phi) is 5.05. The van der Waals surface area contributed by atoms with E-state index >= 15 is 0 Å². The van der Waals surface area contributed by atoms with Crippen molar-refractivity contribution in [1.82, 2.24) is 15.1 Å². The SMILES string of the molecule is CC(=O)CCC(=O)Nc1n[nH]c2c1CCN(Cc1ccccc1)C2. The van der Waals surface area contributed by atoms with Crippen molar-refractivity contribution in [3.63, 3.8) is 0 Å². The van der Waals surface area contributed by atoms with Crippen molar-refractivity contribution < 1.29 is 9.59 Å². The van der Waals surface area contributed by atoms with Gasteiger partial charge in [-0.1, -0.05) is 30.3 Å². The summed E-state index contributed by atoms with van der Waals surface area (Å²) in [7, 11) is 0. The zero-order valence-corrected chi connectivity index (χ0v) is 13.8. The molecule has 1 aliphatic rings. The molecule has 0 saturated carbocycles. The maximum Gasteiger partial charge on any atom is 0.226 e. The van der Waals surface area contributed by atoms with Gasteiger partial charge < -0.3 is 10.1 Å². The Balaban J connectivity index is 1.60. The van der Waals surface area contributed by atoms with Gasteiger partial charge in [-0.2, -0.15) is 5.10 Å². The Bertz CT molecular complexity index is 724. The fourth-order valence-electron chi connectivity index (χ4n) is 2.94. The van der Waals surface area contributed by atoms with E-state index in [1.54, 1.807) is 0 Å². The van der Waals surface area contributed by atoms with Crippen LogP contribution in [0.3, 0.4) is 0 Å². The number of anilines is 1. The highest BCUT2D eigenvalue weighted by Crippen LogP contribution is 2.24. The second-order valence-corrected chi connectivity index (χ2v) is 6.23. The van der Waals surface area contributed by atoms with Crippen molar-refractivity contribution in [3.05, 3.63) is 47.2 Å². The standard InChI is InChI=1S/C18H22N4O2/c1-13(23)7-8-17(24)19-18-15-9-10-22(12-16(15)20-21-18)11-14-5-3-2-4-6-14/h2-6H,7-12H2,1H3,(H2,19,20,21,24). The molecule has 24 heavy (non-hydrogen) atoms. The molecule has 0 fully saturated rings. The van der Waals surface area contributed by atoms with Crippen LogP contribution in [0, 0.1) is 0 Å². The lowest BCUT2D eigenvalue weighted by Crippen LogP contribution is -2.30. The summed E-state index contributed by atoms with van der Waals surface area (Å²) < 4.78 is 0. The van der Waals surface area contributed by atoms with Gasteiger partial charge in [-0.05, 0) is 18.9 Å². The third-order valence-electron chi connectivity index (χ3n) is 4.22. The minimum absolute atomic E-state index is 0.0192. The summed E-state index contributed by atoms with van der Waals surface area (Å²) in [5.74, 6) is 0.467. The Hall–Kier alpha value is -2.47. The molecule has 3 rings (SSSR count). The highest BCUT2D eigenvalue weighted by molar-refractivity contribution is 5.93. The van der Waals surface area contributed by atoms with Crippen LogP contribution in [0.1, 0.15) is 36.6 Å². The lowest BCUT2D eigenvalue weighted by molar-refractivity contribution is -0.121. The molecular formula is C18H22N4O2. The summed E-state index contributed by atoms with van der Waals surface area (Å²) in [4.78, 5) is 25.2. The van der Waals surface area contributed by atoms with Crippen molar-refractivity contribution in [2.75, 3.05) is 11.9 Å². The lowest BCUT2D eigenvalue weighted by Gasteiger charge is -2.26. The van der Waals surface area contributed by atoms with Gasteiger partial charge in [-0.15, -0.1) is 0 Å². The van der Waals surface area contributed by atoms with E-state index in [0.717, 1.165) is 37.3 Å². The fourth-order valence-corrected chi connectivity index (χ4v) is 2.94. The Morgan fingerprint density at radius 1 is 1.25 bits per heavy atom. The molecule has 2 aromatic rings. The highest BCUT2D eigenvalue weighted by Gasteiger charge is 2.22. The number of nitrogens with one attached hydrogen (secondary N) is 2. The van der Waals surface area contributed by atoms with Crippen LogP contribution >= 0.6 is 0 Å². The van der Waals surface area contributed by atoms with Gasteiger partial charge >= 0.3 is 0 Å². The maximum atomic E-state index is 11.9. The van der Waals surface area contributed by atoms with Crippen molar-refractivity contribution in [2.45, 2.75) is 39.3 Å². The molecule has 2 heterocycles. The van der Waals surface area contributed by atoms with Gasteiger partial charge in [0.2, 0.25) is 5.91 Å². The van der Waals surface area contributed by atoms with E-state index in [1.807, 2.05) is 6.07 Å². The minimum atomic E-state index is -0.161. The minimum Gasteiger partial charge on any atom is -0.309 e. The molecule has 6 heteroatoms. The van der Waals surface area contributed by atoms with Crippen LogP contribution in [0.2, 0.25) is 0 Å². The summed E-state index contributed by atoms with van der Waals surface area (Å²) in [5.41, 5.74) is 3.42. The van der Waals surface area contributed by atoms with Crippen LogP contribution in [0.25, 0.3) is 0 Å². The zero-order chi connectivity index (χ0) is 16.9. The van der Waals surface area contributed by atoms with Gasteiger partial charge in [-0.25, -0.2) is 0 Å². The molecule has 0 saturated heterocycles. The van der Waals surface area contributed by atoms with Gasteiger partial charge in [0.25, 0.3) is 0 Å². The number of aromatic amines is 1. The van der Waals surface area contributed by atoms with Crippen LogP contribution in [0.5, 0.6) is 0 Å². The van der Waals surface area contributed by atoms with Gasteiger partial charge in [0, 0.05) is 38.0 Å². The molecule has 1 amide bonds. The van der Waals surface area contributed by atoms with Crippen LogP contribution in [-0.4, -0.2) is 33.3 Å². The number of carbonyl (C=O) groups is 2. The van der Waals surface area contributed by atoms with E-state index in [2.05, 4.69) is 44.7 Å². The Labute approximate surface area is 141 Å². The lowest BCUT2D eigenvalue weighted by atomic mass is 10.1. The molecule has 0 bridgehead atoms. The first-order chi connectivity index (χ1) is 11.6. The number of fused-ring (bicyclic) bond motifs is 1. The quantitative estimate of drug-likeness (QED) is 0.853. The molecule has 0 spiro atoms. The maximum absolute atomic E-state index is 11.9. The number of nitrogens with zero attached hydrogens (tertiary/aromatic N) is 2. The summed E-state index contributed by atoms with van der Waals surface area (Å²) in [6.45, 7) is 4.11. The molecule has 0 atom stereocenters. The monoisotopic (exact) mass is 326 g/mol. The van der Waals surface area contributed by atoms with E-state index in [-0.39, 0.29) is 24.5 Å². The predicted octanol–water partition coefficient (Wildman–Crippen LogP) is 2.28. The van der Waals surface area contributed by atoms with Gasteiger partial charge in [0.05, 0.1) is 5.69 Å². The van der Waals surface area contributed by atoms with Crippen molar-refractivity contribution in [3.8, 4) is 0 Å². The van der Waals surface area contributed by atoms with E-state index in [9.17, 15) is 9.59 Å². The van der Waals surface area contributed by atoms with E-state index in [4.69, 9.17) is 0 Å². The van der Waals surface area contributed by atoms with Crippen LogP contribution in [0.15, 0.2) is 30.3 Å². The number of hydrogen-bond acceptors (Lipinski definition) is 4. The first-order valence-corrected chi connectivity index (χ1v) is 8.23. The first kappa shape index (κ1) is 16.4. The Morgan fingerprint density at radius 3 is 2.79 bits per heavy atom. The third-order valence-corrected chi connectivity index (χ3v) is 4.22. The fraction of sp³-hybridized carbons (Fsp3) is 0.389. The van der Waals surface area contributed by atoms with Crippen LogP contribution in [0.4, 0.5) is 5.82 Å². The summed E-state index contributed by atoms with van der Waals surface area (Å²) in [5, 5.41) is 10.1. The van der Waals surface area contributed by atoms with E-state index in [1.165, 1.54) is 12.5 Å². The average molecular weight is 326 g/mol. The molecule has 1 aliphatic heterocycles. The van der Waals surface area contributed by atoms with Gasteiger partial charge in [-0.3, -0.25) is 14.8 Å². The number of carbonyl (C=O) groups excluding carboxylic acids is 2. The van der Waals surface area contributed by atoms with Gasteiger partial charge in [0.15, 0.2) is 5.82 Å². The third kappa shape index (κ3) is 4.08. The highest BCUT2D eigenvalue weighted by atomic mass is 16.2. The number of Topliss-reactive ketones (excluding diaryl/α,β-unsaturated/α-hetero) is 1. The molecule has 1 aromatic heterocycles. The van der Waals surface area contributed by atoms with Crippen molar-refractivity contribution in [1.29, 1.82) is 0 Å². The van der Waals surface area contributed by atoms with E-state index < -0.39 is 0 Å². The van der Waals surface area contributed by atoms with Crippen LogP contribution < -0.4 is 5.32 Å². The number of rotatable bonds is 6. The summed E-state index contributed by atoms with van der Waals surface area (Å²) in [6.07, 6.45) is 1.32. The zero-order valence-electron chi connectivity index (χ0n) is 13.8. The molecular weight excluding hydrogens is 304 g/mol. The number of aromatic nitrogens is 2. The molecule has 126 valence electrons. The normalized spacial score (nSPS) is 14.2. The van der Waals surface area contributed by atoms with E-state index in [0.29, 0.717) is 5.82 Å². The van der Waals surface area contributed by atoms with Gasteiger partial charge in [0.1, 0.15) is 5.78 Å². The molecule has 2 N–H and O–H groups in total. The Morgan fingerprint density at radius 2 is 2.04 bits per heavy atom. The second kappa shape index (κ2) is 7.40. The topological polar surface area (TPSA) is 78.1 Å². The predicted molar refractivity (Wildman–Crippen MR) is 91.4 cm³/mol. The molecule has 0 unspecified atom stereocenters. The largest absolute Gasteiger partial charge is 0.309 e.